The minimum atomic E-state index is 0.756. The molecule has 6 heteroatoms. The highest BCUT2D eigenvalue weighted by molar-refractivity contribution is 5.79. The summed E-state index contributed by atoms with van der Waals surface area (Å²) in [6.45, 7) is 8.20. The predicted octanol–water partition coefficient (Wildman–Crippen LogP) is 2.13. The summed E-state index contributed by atoms with van der Waals surface area (Å²) in [6, 6.07) is 12.8. The molecule has 2 heterocycles. The lowest BCUT2D eigenvalue weighted by molar-refractivity contribution is 0.0341. The molecule has 1 fully saturated rings. The number of benzene rings is 1. The maximum Gasteiger partial charge on any atom is 0.191 e. The van der Waals surface area contributed by atoms with Gasteiger partial charge in [-0.3, -0.25) is 14.9 Å². The third kappa shape index (κ3) is 6.32. The number of rotatable bonds is 7. The molecule has 28 heavy (non-hydrogen) atoms. The molecule has 1 saturated heterocycles. The van der Waals surface area contributed by atoms with Crippen LogP contribution in [0.3, 0.4) is 0 Å². The first-order valence-electron chi connectivity index (χ1n) is 9.97. The summed E-state index contributed by atoms with van der Waals surface area (Å²) in [5, 5.41) is 6.83. The van der Waals surface area contributed by atoms with Crippen LogP contribution in [0.4, 0.5) is 0 Å². The van der Waals surface area contributed by atoms with Crippen LogP contribution in [0, 0.1) is 6.92 Å². The fourth-order valence-electron chi connectivity index (χ4n) is 3.26. The molecule has 1 aromatic carbocycles. The second kappa shape index (κ2) is 10.8. The molecule has 1 aliphatic heterocycles. The molecule has 1 aromatic heterocycles. The van der Waals surface area contributed by atoms with Crippen molar-refractivity contribution in [3.63, 3.8) is 0 Å². The third-order valence-corrected chi connectivity index (χ3v) is 4.96. The van der Waals surface area contributed by atoms with E-state index in [1.807, 2.05) is 26.2 Å². The number of aromatic nitrogens is 1. The van der Waals surface area contributed by atoms with Crippen LogP contribution in [-0.4, -0.2) is 55.7 Å². The SMILES string of the molecule is CN=C(NCCc1ccc(C)nc1)NCc1ccccc1CN1CCOCC1. The van der Waals surface area contributed by atoms with Gasteiger partial charge in [-0.05, 0) is 36.1 Å². The molecule has 2 aromatic rings. The quantitative estimate of drug-likeness (QED) is 0.568. The Kier molecular flexibility index (Phi) is 7.82. The highest BCUT2D eigenvalue weighted by atomic mass is 16.5. The van der Waals surface area contributed by atoms with Crippen LogP contribution in [0.2, 0.25) is 0 Å². The van der Waals surface area contributed by atoms with E-state index in [1.165, 1.54) is 16.7 Å². The van der Waals surface area contributed by atoms with E-state index < -0.39 is 0 Å². The monoisotopic (exact) mass is 381 g/mol. The van der Waals surface area contributed by atoms with Gasteiger partial charge in [0.05, 0.1) is 13.2 Å². The number of guanidine groups is 1. The van der Waals surface area contributed by atoms with Gasteiger partial charge < -0.3 is 15.4 Å². The molecule has 0 amide bonds. The van der Waals surface area contributed by atoms with Gasteiger partial charge in [-0.15, -0.1) is 0 Å². The van der Waals surface area contributed by atoms with E-state index in [2.05, 4.69) is 55.8 Å². The van der Waals surface area contributed by atoms with Crippen molar-refractivity contribution in [3.05, 3.63) is 65.0 Å². The maximum absolute atomic E-state index is 5.45. The molecule has 0 unspecified atom stereocenters. The Morgan fingerprint density at radius 2 is 1.89 bits per heavy atom. The van der Waals surface area contributed by atoms with Crippen LogP contribution >= 0.6 is 0 Å². The summed E-state index contributed by atoms with van der Waals surface area (Å²) >= 11 is 0. The smallest absolute Gasteiger partial charge is 0.191 e. The van der Waals surface area contributed by atoms with Crippen molar-refractivity contribution in [1.29, 1.82) is 0 Å². The molecule has 2 N–H and O–H groups in total. The minimum absolute atomic E-state index is 0.756. The summed E-state index contributed by atoms with van der Waals surface area (Å²) in [5.74, 6) is 0.821. The van der Waals surface area contributed by atoms with Gasteiger partial charge in [0.1, 0.15) is 0 Å². The van der Waals surface area contributed by atoms with Gasteiger partial charge in [0.15, 0.2) is 5.96 Å². The molecular formula is C22H31N5O. The largest absolute Gasteiger partial charge is 0.379 e. The highest BCUT2D eigenvalue weighted by Gasteiger charge is 2.12. The topological polar surface area (TPSA) is 61.8 Å². The Hall–Kier alpha value is -2.44. The first-order chi connectivity index (χ1) is 13.7. The molecule has 0 bridgehead atoms. The summed E-state index contributed by atoms with van der Waals surface area (Å²) in [4.78, 5) is 11.1. The van der Waals surface area contributed by atoms with Crippen LogP contribution in [0.15, 0.2) is 47.6 Å². The predicted molar refractivity (Wildman–Crippen MR) is 113 cm³/mol. The zero-order valence-electron chi connectivity index (χ0n) is 16.9. The van der Waals surface area contributed by atoms with Gasteiger partial charge in [-0.1, -0.05) is 30.3 Å². The number of nitrogens with one attached hydrogen (secondary N) is 2. The Labute approximate surface area is 168 Å². The lowest BCUT2D eigenvalue weighted by atomic mass is 10.1. The number of nitrogens with zero attached hydrogens (tertiary/aromatic N) is 3. The van der Waals surface area contributed by atoms with Gasteiger partial charge in [0.25, 0.3) is 0 Å². The number of aryl methyl sites for hydroxylation is 1. The first kappa shape index (κ1) is 20.3. The number of ether oxygens (including phenoxy) is 1. The Balaban J connectivity index is 1.48. The average Bonchev–Trinajstić information content (AvgIpc) is 2.73. The van der Waals surface area contributed by atoms with E-state index in [1.54, 1.807) is 0 Å². The van der Waals surface area contributed by atoms with Gasteiger partial charge in [-0.2, -0.15) is 0 Å². The molecular weight excluding hydrogens is 350 g/mol. The molecule has 0 atom stereocenters. The van der Waals surface area contributed by atoms with Crippen LogP contribution in [-0.2, 0) is 24.2 Å². The number of morpholine rings is 1. The molecule has 0 spiro atoms. The van der Waals surface area contributed by atoms with Crippen LogP contribution in [0.1, 0.15) is 22.4 Å². The molecule has 3 rings (SSSR count). The summed E-state index contributed by atoms with van der Waals surface area (Å²) in [5.41, 5.74) is 4.94. The molecule has 0 aliphatic carbocycles. The number of hydrogen-bond donors (Lipinski definition) is 2. The Morgan fingerprint density at radius 3 is 2.61 bits per heavy atom. The number of hydrogen-bond acceptors (Lipinski definition) is 4. The zero-order valence-corrected chi connectivity index (χ0v) is 16.9. The van der Waals surface area contributed by atoms with Gasteiger partial charge in [-0.25, -0.2) is 0 Å². The van der Waals surface area contributed by atoms with Crippen molar-refractivity contribution in [2.24, 2.45) is 4.99 Å². The van der Waals surface area contributed by atoms with E-state index in [-0.39, 0.29) is 0 Å². The van der Waals surface area contributed by atoms with Crippen molar-refractivity contribution in [2.75, 3.05) is 39.9 Å². The maximum atomic E-state index is 5.45. The van der Waals surface area contributed by atoms with Gasteiger partial charge in [0.2, 0.25) is 0 Å². The summed E-state index contributed by atoms with van der Waals surface area (Å²) in [7, 11) is 1.81. The molecule has 0 radical (unpaired) electrons. The zero-order chi connectivity index (χ0) is 19.6. The average molecular weight is 382 g/mol. The summed E-state index contributed by atoms with van der Waals surface area (Å²) < 4.78 is 5.45. The van der Waals surface area contributed by atoms with Crippen LogP contribution in [0.25, 0.3) is 0 Å². The van der Waals surface area contributed by atoms with Crippen molar-refractivity contribution in [3.8, 4) is 0 Å². The Bertz CT molecular complexity index is 754. The second-order valence-corrected chi connectivity index (χ2v) is 7.07. The van der Waals surface area contributed by atoms with Crippen molar-refractivity contribution in [1.82, 2.24) is 20.5 Å². The van der Waals surface area contributed by atoms with Crippen LogP contribution in [0.5, 0.6) is 0 Å². The third-order valence-electron chi connectivity index (χ3n) is 4.96. The van der Waals surface area contributed by atoms with Gasteiger partial charge in [0, 0.05) is 51.7 Å². The van der Waals surface area contributed by atoms with Crippen molar-refractivity contribution >= 4 is 5.96 Å². The lowest BCUT2D eigenvalue weighted by Gasteiger charge is -2.27. The van der Waals surface area contributed by atoms with E-state index in [0.29, 0.717) is 0 Å². The molecule has 6 nitrogen and oxygen atoms in total. The molecule has 150 valence electrons. The fraction of sp³-hybridized carbons (Fsp3) is 0.455. The number of aliphatic imine (C=N–C) groups is 1. The fourth-order valence-corrected chi connectivity index (χ4v) is 3.26. The highest BCUT2D eigenvalue weighted by Crippen LogP contribution is 2.13. The second-order valence-electron chi connectivity index (χ2n) is 7.07. The normalized spacial score (nSPS) is 15.4. The standard InChI is InChI=1S/C22H31N5O/c1-18-7-8-19(15-25-18)9-10-24-22(23-2)26-16-20-5-3-4-6-21(20)17-27-11-13-28-14-12-27/h3-8,15H,9-14,16-17H2,1-2H3,(H2,23,24,26). The Morgan fingerprint density at radius 1 is 1.11 bits per heavy atom. The lowest BCUT2D eigenvalue weighted by Crippen LogP contribution is -2.38. The van der Waals surface area contributed by atoms with E-state index in [0.717, 1.165) is 64.0 Å². The minimum Gasteiger partial charge on any atom is -0.379 e. The van der Waals surface area contributed by atoms with E-state index >= 15 is 0 Å². The van der Waals surface area contributed by atoms with E-state index in [9.17, 15) is 0 Å². The van der Waals surface area contributed by atoms with Crippen LogP contribution < -0.4 is 10.6 Å². The van der Waals surface area contributed by atoms with Crippen molar-refractivity contribution in [2.45, 2.75) is 26.4 Å². The first-order valence-corrected chi connectivity index (χ1v) is 9.97. The molecule has 1 aliphatic rings. The van der Waals surface area contributed by atoms with Crippen molar-refractivity contribution < 1.29 is 4.74 Å². The summed E-state index contributed by atoms with van der Waals surface area (Å²) in [6.07, 6.45) is 2.86. The van der Waals surface area contributed by atoms with E-state index in [4.69, 9.17) is 4.74 Å². The molecule has 0 saturated carbocycles. The van der Waals surface area contributed by atoms with Gasteiger partial charge >= 0.3 is 0 Å². The number of pyridine rings is 1.